The predicted octanol–water partition coefficient (Wildman–Crippen LogP) is 2.91. The Morgan fingerprint density at radius 3 is 1.77 bits per heavy atom. The Morgan fingerprint density at radius 2 is 1.54 bits per heavy atom. The van der Waals surface area contributed by atoms with Crippen molar-refractivity contribution in [2.24, 2.45) is 10.8 Å². The van der Waals surface area contributed by atoms with Gasteiger partial charge in [-0.25, -0.2) is 0 Å². The molecule has 0 radical (unpaired) electrons. The first-order valence-electron chi connectivity index (χ1n) is 5.47. The summed E-state index contributed by atoms with van der Waals surface area (Å²) in [7, 11) is 6.87. The molecule has 0 N–H and O–H groups in total. The molecule has 0 heterocycles. The molecule has 1 aliphatic rings. The predicted molar refractivity (Wildman–Crippen MR) is 58.6 cm³/mol. The van der Waals surface area contributed by atoms with Crippen LogP contribution in [-0.4, -0.2) is 32.2 Å². The SMILES string of the molecule is CC(C)(C)C1(CC[N+](C)(C)C)CC1. The molecule has 1 saturated carbocycles. The van der Waals surface area contributed by atoms with Crippen molar-refractivity contribution in [1.82, 2.24) is 0 Å². The largest absolute Gasteiger partial charge is 0.331 e. The van der Waals surface area contributed by atoms with Crippen LogP contribution in [0.15, 0.2) is 0 Å². The molecule has 0 saturated heterocycles. The van der Waals surface area contributed by atoms with Crippen LogP contribution >= 0.6 is 0 Å². The minimum absolute atomic E-state index is 0.516. The molecule has 13 heavy (non-hydrogen) atoms. The van der Waals surface area contributed by atoms with Gasteiger partial charge in [-0.1, -0.05) is 20.8 Å². The second-order valence-electron chi connectivity index (χ2n) is 6.79. The molecule has 0 aromatic rings. The van der Waals surface area contributed by atoms with Crippen molar-refractivity contribution in [2.75, 3.05) is 27.7 Å². The highest BCUT2D eigenvalue weighted by molar-refractivity contribution is 5.01. The van der Waals surface area contributed by atoms with E-state index in [1.807, 2.05) is 0 Å². The van der Waals surface area contributed by atoms with E-state index in [1.165, 1.54) is 25.8 Å². The van der Waals surface area contributed by atoms with Gasteiger partial charge in [-0.05, 0) is 23.7 Å². The zero-order chi connectivity index (χ0) is 10.3. The lowest BCUT2D eigenvalue weighted by Gasteiger charge is -2.34. The van der Waals surface area contributed by atoms with Gasteiger partial charge in [-0.3, -0.25) is 0 Å². The average molecular weight is 184 g/mol. The first-order chi connectivity index (χ1) is 5.66. The van der Waals surface area contributed by atoms with E-state index in [0.29, 0.717) is 10.8 Å². The number of quaternary nitrogens is 1. The Labute approximate surface area is 83.7 Å². The van der Waals surface area contributed by atoms with E-state index < -0.39 is 0 Å². The van der Waals surface area contributed by atoms with Gasteiger partial charge in [0.05, 0.1) is 27.7 Å². The van der Waals surface area contributed by atoms with E-state index in [2.05, 4.69) is 41.9 Å². The zero-order valence-electron chi connectivity index (χ0n) is 10.3. The van der Waals surface area contributed by atoms with Gasteiger partial charge in [-0.15, -0.1) is 0 Å². The standard InChI is InChI=1S/C12H26N/c1-11(2,3)12(7-8-12)9-10-13(4,5)6/h7-10H2,1-6H3/q+1. The highest BCUT2D eigenvalue weighted by Gasteiger charge is 2.51. The van der Waals surface area contributed by atoms with Crippen LogP contribution in [-0.2, 0) is 0 Å². The normalized spacial score (nSPS) is 21.7. The van der Waals surface area contributed by atoms with E-state index in [0.717, 1.165) is 4.48 Å². The maximum Gasteiger partial charge on any atom is 0.0786 e. The van der Waals surface area contributed by atoms with E-state index in [-0.39, 0.29) is 0 Å². The summed E-state index contributed by atoms with van der Waals surface area (Å²) in [6.07, 6.45) is 4.31. The molecule has 1 aliphatic carbocycles. The molecule has 0 aromatic heterocycles. The summed E-state index contributed by atoms with van der Waals surface area (Å²) in [5.41, 5.74) is 1.20. The minimum atomic E-state index is 0.516. The van der Waals surface area contributed by atoms with Crippen molar-refractivity contribution in [3.63, 3.8) is 0 Å². The second kappa shape index (κ2) is 2.98. The molecule has 0 atom stereocenters. The maximum atomic E-state index is 2.40. The molecule has 0 amide bonds. The Balaban J connectivity index is 2.46. The highest BCUT2D eigenvalue weighted by atomic mass is 15.3. The Kier molecular flexibility index (Phi) is 2.53. The average Bonchev–Trinajstić information content (AvgIpc) is 2.58. The number of hydrogen-bond donors (Lipinski definition) is 0. The summed E-state index contributed by atoms with van der Waals surface area (Å²) in [5.74, 6) is 0. The Hall–Kier alpha value is -0.0400. The molecular weight excluding hydrogens is 158 g/mol. The molecule has 78 valence electrons. The first-order valence-corrected chi connectivity index (χ1v) is 5.47. The molecule has 0 unspecified atom stereocenters. The summed E-state index contributed by atoms with van der Waals surface area (Å²) in [6, 6.07) is 0. The van der Waals surface area contributed by atoms with E-state index in [9.17, 15) is 0 Å². The van der Waals surface area contributed by atoms with Crippen molar-refractivity contribution in [3.8, 4) is 0 Å². The Bertz CT molecular complexity index is 176. The molecule has 0 bridgehead atoms. The Morgan fingerprint density at radius 1 is 1.08 bits per heavy atom. The third-order valence-electron chi connectivity index (χ3n) is 3.71. The van der Waals surface area contributed by atoms with Crippen molar-refractivity contribution in [1.29, 1.82) is 0 Å². The maximum absolute atomic E-state index is 2.40. The molecule has 0 aliphatic heterocycles. The number of rotatable bonds is 3. The fourth-order valence-corrected chi connectivity index (χ4v) is 2.08. The fourth-order valence-electron chi connectivity index (χ4n) is 2.08. The lowest BCUT2D eigenvalue weighted by atomic mass is 9.75. The van der Waals surface area contributed by atoms with Crippen LogP contribution < -0.4 is 0 Å². The van der Waals surface area contributed by atoms with Crippen molar-refractivity contribution < 1.29 is 4.48 Å². The van der Waals surface area contributed by atoms with Gasteiger partial charge in [0, 0.05) is 6.42 Å². The molecule has 1 rings (SSSR count). The third-order valence-corrected chi connectivity index (χ3v) is 3.71. The molecule has 0 spiro atoms. The van der Waals surface area contributed by atoms with Crippen LogP contribution in [0.4, 0.5) is 0 Å². The molecule has 1 fully saturated rings. The van der Waals surface area contributed by atoms with Gasteiger partial charge < -0.3 is 4.48 Å². The second-order valence-corrected chi connectivity index (χ2v) is 6.79. The highest BCUT2D eigenvalue weighted by Crippen LogP contribution is 2.60. The van der Waals surface area contributed by atoms with E-state index in [4.69, 9.17) is 0 Å². The van der Waals surface area contributed by atoms with E-state index >= 15 is 0 Å². The van der Waals surface area contributed by atoms with Gasteiger partial charge >= 0.3 is 0 Å². The van der Waals surface area contributed by atoms with Crippen LogP contribution in [0.1, 0.15) is 40.0 Å². The van der Waals surface area contributed by atoms with Gasteiger partial charge in [-0.2, -0.15) is 0 Å². The summed E-state index contributed by atoms with van der Waals surface area (Å²) >= 11 is 0. The quantitative estimate of drug-likeness (QED) is 0.592. The van der Waals surface area contributed by atoms with Crippen LogP contribution in [0.5, 0.6) is 0 Å². The molecular formula is C12H26N+. The lowest BCUT2D eigenvalue weighted by Crippen LogP contribution is -2.38. The van der Waals surface area contributed by atoms with Crippen LogP contribution in [0.3, 0.4) is 0 Å². The van der Waals surface area contributed by atoms with Gasteiger partial charge in [0.15, 0.2) is 0 Å². The van der Waals surface area contributed by atoms with Crippen molar-refractivity contribution in [3.05, 3.63) is 0 Å². The number of hydrogen-bond acceptors (Lipinski definition) is 0. The topological polar surface area (TPSA) is 0 Å². The van der Waals surface area contributed by atoms with Gasteiger partial charge in [0.1, 0.15) is 0 Å². The summed E-state index contributed by atoms with van der Waals surface area (Å²) in [6.45, 7) is 8.51. The molecule has 1 heteroatoms. The summed E-state index contributed by atoms with van der Waals surface area (Å²) in [5, 5.41) is 0. The summed E-state index contributed by atoms with van der Waals surface area (Å²) < 4.78 is 1.11. The van der Waals surface area contributed by atoms with Crippen LogP contribution in [0, 0.1) is 10.8 Å². The first kappa shape index (κ1) is 11.0. The van der Waals surface area contributed by atoms with Gasteiger partial charge in [0.2, 0.25) is 0 Å². The smallest absolute Gasteiger partial charge is 0.0786 e. The molecule has 0 aromatic carbocycles. The fraction of sp³-hybridized carbons (Fsp3) is 1.00. The van der Waals surface area contributed by atoms with E-state index in [1.54, 1.807) is 0 Å². The van der Waals surface area contributed by atoms with Gasteiger partial charge in [0.25, 0.3) is 0 Å². The minimum Gasteiger partial charge on any atom is -0.331 e. The van der Waals surface area contributed by atoms with Crippen molar-refractivity contribution in [2.45, 2.75) is 40.0 Å². The summed E-state index contributed by atoms with van der Waals surface area (Å²) in [4.78, 5) is 0. The number of nitrogens with zero attached hydrogens (tertiary/aromatic N) is 1. The molecule has 1 nitrogen and oxygen atoms in total. The zero-order valence-corrected chi connectivity index (χ0v) is 10.3. The third kappa shape index (κ3) is 2.70. The van der Waals surface area contributed by atoms with Crippen LogP contribution in [0.2, 0.25) is 0 Å². The van der Waals surface area contributed by atoms with Crippen molar-refractivity contribution >= 4 is 0 Å². The lowest BCUT2D eigenvalue weighted by molar-refractivity contribution is -0.871. The van der Waals surface area contributed by atoms with Crippen LogP contribution in [0.25, 0.3) is 0 Å². The monoisotopic (exact) mass is 184 g/mol.